The van der Waals surface area contributed by atoms with Crippen molar-refractivity contribution in [1.82, 2.24) is 15.3 Å². The number of nitrogens with zero attached hydrogens (tertiary/aromatic N) is 2. The number of aromatic nitrogens is 2. The minimum atomic E-state index is 0.341. The highest BCUT2D eigenvalue weighted by atomic mass is 15.0. The van der Waals surface area contributed by atoms with Crippen LogP contribution in [0.4, 0.5) is 5.82 Å². The minimum Gasteiger partial charge on any atom is -0.383 e. The summed E-state index contributed by atoms with van der Waals surface area (Å²) in [5, 5.41) is 3.35. The van der Waals surface area contributed by atoms with E-state index in [-0.39, 0.29) is 0 Å². The van der Waals surface area contributed by atoms with Gasteiger partial charge in [0.15, 0.2) is 0 Å². The predicted molar refractivity (Wildman–Crippen MR) is 60.8 cm³/mol. The van der Waals surface area contributed by atoms with Gasteiger partial charge >= 0.3 is 0 Å². The lowest BCUT2D eigenvalue weighted by molar-refractivity contribution is 0.705. The monoisotopic (exact) mass is 206 g/mol. The van der Waals surface area contributed by atoms with Gasteiger partial charge in [0.05, 0.1) is 5.69 Å². The van der Waals surface area contributed by atoms with Gasteiger partial charge in [0.2, 0.25) is 0 Å². The van der Waals surface area contributed by atoms with Gasteiger partial charge in [-0.2, -0.15) is 0 Å². The van der Waals surface area contributed by atoms with E-state index in [0.29, 0.717) is 11.7 Å². The average Bonchev–Trinajstić information content (AvgIpc) is 2.42. The highest BCUT2D eigenvalue weighted by molar-refractivity contribution is 5.43. The maximum atomic E-state index is 5.97. The summed E-state index contributed by atoms with van der Waals surface area (Å²) in [4.78, 5) is 8.97. The molecule has 2 rings (SSSR count). The van der Waals surface area contributed by atoms with E-state index in [1.54, 1.807) is 0 Å². The Morgan fingerprint density at radius 2 is 1.93 bits per heavy atom. The van der Waals surface area contributed by atoms with Crippen LogP contribution in [0.3, 0.4) is 0 Å². The average molecular weight is 206 g/mol. The van der Waals surface area contributed by atoms with Crippen LogP contribution in [0.25, 0.3) is 0 Å². The van der Waals surface area contributed by atoms with Gasteiger partial charge in [-0.1, -0.05) is 13.8 Å². The summed E-state index contributed by atoms with van der Waals surface area (Å²) in [5.74, 6) is 1.88. The van der Waals surface area contributed by atoms with Crippen molar-refractivity contribution in [2.24, 2.45) is 0 Å². The lowest BCUT2D eigenvalue weighted by atomic mass is 10.1. The van der Waals surface area contributed by atoms with Crippen molar-refractivity contribution >= 4 is 5.82 Å². The zero-order valence-corrected chi connectivity index (χ0v) is 9.38. The van der Waals surface area contributed by atoms with Gasteiger partial charge in [0.1, 0.15) is 11.6 Å². The first-order chi connectivity index (χ1) is 7.18. The lowest BCUT2D eigenvalue weighted by Gasteiger charge is -2.11. The maximum Gasteiger partial charge on any atom is 0.133 e. The summed E-state index contributed by atoms with van der Waals surface area (Å²) in [7, 11) is 0. The van der Waals surface area contributed by atoms with Gasteiger partial charge in [-0.25, -0.2) is 9.97 Å². The molecular formula is C11H18N4. The van der Waals surface area contributed by atoms with Crippen molar-refractivity contribution in [3.05, 3.63) is 17.1 Å². The van der Waals surface area contributed by atoms with Gasteiger partial charge in [-0.05, 0) is 13.0 Å². The molecule has 82 valence electrons. The molecule has 15 heavy (non-hydrogen) atoms. The summed E-state index contributed by atoms with van der Waals surface area (Å²) >= 11 is 0. The Kier molecular flexibility index (Phi) is 2.86. The molecule has 2 heterocycles. The van der Waals surface area contributed by atoms with Gasteiger partial charge in [0.25, 0.3) is 0 Å². The van der Waals surface area contributed by atoms with Crippen molar-refractivity contribution in [2.75, 3.05) is 18.8 Å². The van der Waals surface area contributed by atoms with E-state index in [2.05, 4.69) is 29.1 Å². The van der Waals surface area contributed by atoms with Crippen molar-refractivity contribution in [3.8, 4) is 0 Å². The Hall–Kier alpha value is -1.16. The maximum absolute atomic E-state index is 5.97. The van der Waals surface area contributed by atoms with Crippen LogP contribution in [-0.2, 0) is 12.8 Å². The number of anilines is 1. The molecule has 1 aliphatic heterocycles. The second-order valence-corrected chi connectivity index (χ2v) is 4.30. The molecule has 1 aromatic heterocycles. The standard InChI is InChI=1S/C11H18N4/c1-7(2)11-14-9-4-6-13-5-3-8(9)10(12)15-11/h7,13H,3-6H2,1-2H3,(H2,12,14,15). The molecule has 1 aliphatic rings. The molecule has 1 aromatic rings. The fourth-order valence-electron chi connectivity index (χ4n) is 1.85. The molecule has 0 fully saturated rings. The number of fused-ring (bicyclic) bond motifs is 1. The SMILES string of the molecule is CC(C)c1nc(N)c2c(n1)CCNCC2. The van der Waals surface area contributed by atoms with Gasteiger partial charge in [-0.3, -0.25) is 0 Å². The molecule has 4 nitrogen and oxygen atoms in total. The van der Waals surface area contributed by atoms with Gasteiger partial charge in [0, 0.05) is 24.4 Å². The normalized spacial score (nSPS) is 16.2. The Balaban J connectivity index is 2.44. The highest BCUT2D eigenvalue weighted by Crippen LogP contribution is 2.19. The van der Waals surface area contributed by atoms with Crippen molar-refractivity contribution < 1.29 is 0 Å². The molecule has 3 N–H and O–H groups in total. The van der Waals surface area contributed by atoms with E-state index in [1.807, 2.05) is 0 Å². The number of nitrogen functional groups attached to an aromatic ring is 1. The van der Waals surface area contributed by atoms with E-state index >= 15 is 0 Å². The Morgan fingerprint density at radius 3 is 2.67 bits per heavy atom. The second kappa shape index (κ2) is 4.14. The molecule has 0 saturated heterocycles. The first kappa shape index (κ1) is 10.4. The van der Waals surface area contributed by atoms with E-state index in [9.17, 15) is 0 Å². The number of hydrogen-bond acceptors (Lipinski definition) is 4. The smallest absolute Gasteiger partial charge is 0.133 e. The van der Waals surface area contributed by atoms with Crippen LogP contribution in [-0.4, -0.2) is 23.1 Å². The van der Waals surface area contributed by atoms with E-state index < -0.39 is 0 Å². The Labute approximate surface area is 90.3 Å². The van der Waals surface area contributed by atoms with E-state index in [1.165, 1.54) is 0 Å². The molecule has 0 aliphatic carbocycles. The van der Waals surface area contributed by atoms with Crippen LogP contribution in [0.1, 0.15) is 36.8 Å². The Morgan fingerprint density at radius 1 is 1.20 bits per heavy atom. The third kappa shape index (κ3) is 2.09. The first-order valence-electron chi connectivity index (χ1n) is 5.54. The Bertz CT molecular complexity index is 360. The fourth-order valence-corrected chi connectivity index (χ4v) is 1.85. The van der Waals surface area contributed by atoms with Crippen LogP contribution in [0.2, 0.25) is 0 Å². The number of hydrogen-bond donors (Lipinski definition) is 2. The summed E-state index contributed by atoms with van der Waals surface area (Å²) in [6.07, 6.45) is 1.90. The highest BCUT2D eigenvalue weighted by Gasteiger charge is 2.15. The van der Waals surface area contributed by atoms with Crippen LogP contribution >= 0.6 is 0 Å². The van der Waals surface area contributed by atoms with Crippen LogP contribution in [0, 0.1) is 0 Å². The largest absolute Gasteiger partial charge is 0.383 e. The molecule has 0 radical (unpaired) electrons. The molecule has 0 saturated carbocycles. The predicted octanol–water partition coefficient (Wildman–Crippen LogP) is 0.870. The minimum absolute atomic E-state index is 0.341. The zero-order valence-electron chi connectivity index (χ0n) is 9.38. The lowest BCUT2D eigenvalue weighted by Crippen LogP contribution is -2.16. The van der Waals surface area contributed by atoms with Crippen LogP contribution in [0.5, 0.6) is 0 Å². The quantitative estimate of drug-likeness (QED) is 0.715. The number of nitrogens with one attached hydrogen (secondary N) is 1. The molecule has 0 atom stereocenters. The zero-order chi connectivity index (χ0) is 10.8. The molecule has 0 unspecified atom stereocenters. The summed E-state index contributed by atoms with van der Waals surface area (Å²) in [5.41, 5.74) is 8.25. The molecule has 0 spiro atoms. The van der Waals surface area contributed by atoms with Crippen molar-refractivity contribution in [1.29, 1.82) is 0 Å². The molecule has 0 bridgehead atoms. The van der Waals surface area contributed by atoms with Crippen LogP contribution < -0.4 is 11.1 Å². The van der Waals surface area contributed by atoms with E-state index in [0.717, 1.165) is 43.0 Å². The molecular weight excluding hydrogens is 188 g/mol. The summed E-state index contributed by atoms with van der Waals surface area (Å²) < 4.78 is 0. The van der Waals surface area contributed by atoms with Gasteiger partial charge in [-0.15, -0.1) is 0 Å². The second-order valence-electron chi connectivity index (χ2n) is 4.30. The summed E-state index contributed by atoms with van der Waals surface area (Å²) in [6, 6.07) is 0. The molecule has 4 heteroatoms. The topological polar surface area (TPSA) is 63.8 Å². The molecule has 0 amide bonds. The third-order valence-electron chi connectivity index (χ3n) is 2.75. The van der Waals surface area contributed by atoms with E-state index in [4.69, 9.17) is 5.73 Å². The fraction of sp³-hybridized carbons (Fsp3) is 0.636. The van der Waals surface area contributed by atoms with Crippen molar-refractivity contribution in [2.45, 2.75) is 32.6 Å². The van der Waals surface area contributed by atoms with Crippen LogP contribution in [0.15, 0.2) is 0 Å². The first-order valence-corrected chi connectivity index (χ1v) is 5.54. The third-order valence-corrected chi connectivity index (χ3v) is 2.75. The van der Waals surface area contributed by atoms with Crippen molar-refractivity contribution in [3.63, 3.8) is 0 Å². The molecule has 0 aromatic carbocycles. The summed E-state index contributed by atoms with van der Waals surface area (Å²) in [6.45, 7) is 6.15. The number of rotatable bonds is 1. The number of nitrogens with two attached hydrogens (primary N) is 1. The van der Waals surface area contributed by atoms with Gasteiger partial charge < -0.3 is 11.1 Å².